The van der Waals surface area contributed by atoms with E-state index in [1.165, 1.54) is 0 Å². The van der Waals surface area contributed by atoms with Gasteiger partial charge in [-0.3, -0.25) is 0 Å². The molecular formula is C9H10N2O2. The molecule has 68 valence electrons. The second kappa shape index (κ2) is 5.12. The molecule has 0 fully saturated rings. The lowest BCUT2D eigenvalue weighted by Crippen LogP contribution is -1.96. The summed E-state index contributed by atoms with van der Waals surface area (Å²) < 4.78 is 5.05. The van der Waals surface area contributed by atoms with Gasteiger partial charge in [0.1, 0.15) is 6.61 Å². The molecule has 0 atom stereocenters. The van der Waals surface area contributed by atoms with Crippen molar-refractivity contribution < 1.29 is 9.84 Å². The van der Waals surface area contributed by atoms with E-state index in [4.69, 9.17) is 9.84 Å². The fourth-order valence-corrected chi connectivity index (χ4v) is 0.726. The standard InChI is InChI=1S/C9H10N2O2/c1-2-13-9-10-6-8(7-11-9)4-3-5-12/h6-7,12H,2,5H2,1H3. The minimum Gasteiger partial charge on any atom is -0.464 e. The van der Waals surface area contributed by atoms with Crippen molar-refractivity contribution in [3.8, 4) is 17.9 Å². The van der Waals surface area contributed by atoms with Crippen molar-refractivity contribution in [2.75, 3.05) is 13.2 Å². The molecule has 0 radical (unpaired) electrons. The molecule has 0 saturated heterocycles. The number of ether oxygens (including phenoxy) is 1. The first kappa shape index (κ1) is 9.49. The molecule has 0 aromatic carbocycles. The molecule has 1 heterocycles. The normalized spacial score (nSPS) is 8.77. The summed E-state index contributed by atoms with van der Waals surface area (Å²) in [5, 5.41) is 8.43. The van der Waals surface area contributed by atoms with Crippen LogP contribution in [-0.2, 0) is 0 Å². The number of hydrogen-bond acceptors (Lipinski definition) is 4. The first-order valence-corrected chi connectivity index (χ1v) is 3.91. The topological polar surface area (TPSA) is 55.2 Å². The molecule has 4 nitrogen and oxygen atoms in total. The summed E-state index contributed by atoms with van der Waals surface area (Å²) >= 11 is 0. The van der Waals surface area contributed by atoms with Crippen LogP contribution >= 0.6 is 0 Å². The van der Waals surface area contributed by atoms with Gasteiger partial charge in [-0.05, 0) is 6.92 Å². The van der Waals surface area contributed by atoms with E-state index in [-0.39, 0.29) is 6.61 Å². The van der Waals surface area contributed by atoms with E-state index >= 15 is 0 Å². The number of nitrogens with zero attached hydrogens (tertiary/aromatic N) is 2. The first-order chi connectivity index (χ1) is 6.36. The van der Waals surface area contributed by atoms with Crippen LogP contribution in [0.2, 0.25) is 0 Å². The number of rotatable bonds is 2. The summed E-state index contributed by atoms with van der Waals surface area (Å²) in [4.78, 5) is 7.81. The molecule has 0 amide bonds. The van der Waals surface area contributed by atoms with E-state index in [0.717, 1.165) is 0 Å². The van der Waals surface area contributed by atoms with Gasteiger partial charge in [0, 0.05) is 12.4 Å². The van der Waals surface area contributed by atoms with Crippen LogP contribution in [0.4, 0.5) is 0 Å². The summed E-state index contributed by atoms with van der Waals surface area (Å²) in [7, 11) is 0. The van der Waals surface area contributed by atoms with E-state index in [1.807, 2.05) is 6.92 Å². The summed E-state index contributed by atoms with van der Waals surface area (Å²) in [6.07, 6.45) is 3.11. The minimum absolute atomic E-state index is 0.160. The number of aromatic nitrogens is 2. The highest BCUT2D eigenvalue weighted by Gasteiger charge is 1.93. The maximum atomic E-state index is 8.43. The maximum absolute atomic E-state index is 8.43. The second-order valence-corrected chi connectivity index (χ2v) is 2.15. The Labute approximate surface area is 76.6 Å². The van der Waals surface area contributed by atoms with Crippen LogP contribution in [-0.4, -0.2) is 28.3 Å². The second-order valence-electron chi connectivity index (χ2n) is 2.15. The van der Waals surface area contributed by atoms with Crippen LogP contribution in [0, 0.1) is 11.8 Å². The zero-order valence-corrected chi connectivity index (χ0v) is 7.32. The average Bonchev–Trinajstić information content (AvgIpc) is 2.17. The van der Waals surface area contributed by atoms with Crippen molar-refractivity contribution >= 4 is 0 Å². The molecule has 1 aromatic rings. The van der Waals surface area contributed by atoms with Gasteiger partial charge in [0.2, 0.25) is 0 Å². The SMILES string of the molecule is CCOc1ncc(C#CCO)cn1. The van der Waals surface area contributed by atoms with Crippen molar-refractivity contribution in [1.29, 1.82) is 0 Å². The monoisotopic (exact) mass is 178 g/mol. The third-order valence-corrected chi connectivity index (χ3v) is 1.21. The summed E-state index contributed by atoms with van der Waals surface area (Å²) in [5.41, 5.74) is 0.664. The van der Waals surface area contributed by atoms with Crippen molar-refractivity contribution in [3.05, 3.63) is 18.0 Å². The predicted molar refractivity (Wildman–Crippen MR) is 47.2 cm³/mol. The molecule has 0 aliphatic heterocycles. The van der Waals surface area contributed by atoms with Crippen LogP contribution in [0.3, 0.4) is 0 Å². The summed E-state index contributed by atoms with van der Waals surface area (Å²) in [5.74, 6) is 5.18. The smallest absolute Gasteiger partial charge is 0.316 e. The molecule has 1 N–H and O–H groups in total. The highest BCUT2D eigenvalue weighted by Crippen LogP contribution is 2.00. The average molecular weight is 178 g/mol. The first-order valence-electron chi connectivity index (χ1n) is 3.91. The van der Waals surface area contributed by atoms with Crippen LogP contribution < -0.4 is 4.74 Å². The minimum atomic E-state index is -0.160. The van der Waals surface area contributed by atoms with Gasteiger partial charge in [-0.15, -0.1) is 0 Å². The molecule has 1 aromatic heterocycles. The Hall–Kier alpha value is -1.60. The van der Waals surface area contributed by atoms with Crippen molar-refractivity contribution in [3.63, 3.8) is 0 Å². The van der Waals surface area contributed by atoms with Gasteiger partial charge < -0.3 is 9.84 Å². The zero-order valence-electron chi connectivity index (χ0n) is 7.32. The Kier molecular flexibility index (Phi) is 3.74. The fourth-order valence-electron chi connectivity index (χ4n) is 0.726. The summed E-state index contributed by atoms with van der Waals surface area (Å²) in [6.45, 7) is 2.25. The molecule has 0 aliphatic carbocycles. The van der Waals surface area contributed by atoms with Crippen molar-refractivity contribution in [2.24, 2.45) is 0 Å². The lowest BCUT2D eigenvalue weighted by Gasteiger charge is -1.98. The fraction of sp³-hybridized carbons (Fsp3) is 0.333. The molecule has 0 unspecified atom stereocenters. The van der Waals surface area contributed by atoms with E-state index in [2.05, 4.69) is 21.8 Å². The Balaban J connectivity index is 2.69. The van der Waals surface area contributed by atoms with E-state index < -0.39 is 0 Å². The molecule has 1 rings (SSSR count). The van der Waals surface area contributed by atoms with Gasteiger partial charge in [-0.2, -0.15) is 0 Å². The Morgan fingerprint density at radius 3 is 2.69 bits per heavy atom. The number of hydrogen-bond donors (Lipinski definition) is 1. The number of aliphatic hydroxyl groups excluding tert-OH is 1. The Bertz CT molecular complexity index is 311. The quantitative estimate of drug-likeness (QED) is 0.658. The van der Waals surface area contributed by atoms with Crippen molar-refractivity contribution in [1.82, 2.24) is 9.97 Å². The van der Waals surface area contributed by atoms with Crippen LogP contribution in [0.25, 0.3) is 0 Å². The van der Waals surface area contributed by atoms with Crippen molar-refractivity contribution in [2.45, 2.75) is 6.92 Å². The molecule has 4 heteroatoms. The maximum Gasteiger partial charge on any atom is 0.316 e. The summed E-state index contributed by atoms with van der Waals surface area (Å²) in [6, 6.07) is 0.344. The van der Waals surface area contributed by atoms with E-state index in [9.17, 15) is 0 Å². The Morgan fingerprint density at radius 1 is 1.46 bits per heavy atom. The van der Waals surface area contributed by atoms with Gasteiger partial charge in [0.15, 0.2) is 0 Å². The third-order valence-electron chi connectivity index (χ3n) is 1.21. The molecule has 0 spiro atoms. The van der Waals surface area contributed by atoms with Gasteiger partial charge in [-0.1, -0.05) is 11.8 Å². The largest absolute Gasteiger partial charge is 0.464 e. The van der Waals surface area contributed by atoms with Crippen LogP contribution in [0.1, 0.15) is 12.5 Å². The predicted octanol–water partition coefficient (Wildman–Crippen LogP) is 0.219. The Morgan fingerprint density at radius 2 is 2.15 bits per heavy atom. The molecule has 13 heavy (non-hydrogen) atoms. The third kappa shape index (κ3) is 3.09. The van der Waals surface area contributed by atoms with E-state index in [0.29, 0.717) is 18.2 Å². The van der Waals surface area contributed by atoms with E-state index in [1.54, 1.807) is 12.4 Å². The highest BCUT2D eigenvalue weighted by molar-refractivity contribution is 5.29. The molecule has 0 saturated carbocycles. The number of aliphatic hydroxyl groups is 1. The molecular weight excluding hydrogens is 168 g/mol. The van der Waals surface area contributed by atoms with Gasteiger partial charge in [0.05, 0.1) is 12.2 Å². The van der Waals surface area contributed by atoms with Gasteiger partial charge in [0.25, 0.3) is 0 Å². The zero-order chi connectivity index (χ0) is 9.52. The van der Waals surface area contributed by atoms with Gasteiger partial charge in [-0.25, -0.2) is 9.97 Å². The highest BCUT2D eigenvalue weighted by atomic mass is 16.5. The molecule has 0 aliphatic rings. The molecule has 0 bridgehead atoms. The lowest BCUT2D eigenvalue weighted by molar-refractivity contribution is 0.312. The lowest BCUT2D eigenvalue weighted by atomic mass is 10.3. The van der Waals surface area contributed by atoms with Crippen LogP contribution in [0.15, 0.2) is 12.4 Å². The van der Waals surface area contributed by atoms with Crippen LogP contribution in [0.5, 0.6) is 6.01 Å². The van der Waals surface area contributed by atoms with Gasteiger partial charge >= 0.3 is 6.01 Å².